The number of para-hydroxylation sites is 1. The molecule has 6 heteroatoms. The quantitative estimate of drug-likeness (QED) is 0.608. The predicted molar refractivity (Wildman–Crippen MR) is 111 cm³/mol. The van der Waals surface area contributed by atoms with Crippen LogP contribution in [0.4, 0.5) is 4.39 Å². The number of methoxy groups -OCH3 is 2. The van der Waals surface area contributed by atoms with Gasteiger partial charge in [0.1, 0.15) is 11.6 Å². The molecule has 0 aromatic heterocycles. The monoisotopic (exact) mass is 404 g/mol. The fourth-order valence-corrected chi connectivity index (χ4v) is 4.05. The Bertz CT molecular complexity index is 1100. The Morgan fingerprint density at radius 1 is 0.967 bits per heavy atom. The summed E-state index contributed by atoms with van der Waals surface area (Å²) in [4.78, 5) is 0. The minimum Gasteiger partial charge on any atom is -0.497 e. The third-order valence-electron chi connectivity index (χ3n) is 5.58. The number of hydrogen-bond acceptors (Lipinski definition) is 5. The van der Waals surface area contributed by atoms with Crippen molar-refractivity contribution in [2.45, 2.75) is 18.7 Å². The summed E-state index contributed by atoms with van der Waals surface area (Å²) in [6, 6.07) is 20.1. The molecule has 0 fully saturated rings. The summed E-state index contributed by atoms with van der Waals surface area (Å²) in [6.07, 6.45) is 0.282. The number of ether oxygens (including phenoxy) is 3. The molecule has 3 aromatic rings. The summed E-state index contributed by atoms with van der Waals surface area (Å²) in [6.45, 7) is 0. The summed E-state index contributed by atoms with van der Waals surface area (Å²) in [7, 11) is 3.28. The van der Waals surface area contributed by atoms with E-state index in [1.807, 2.05) is 47.5 Å². The largest absolute Gasteiger partial charge is 0.497 e. The van der Waals surface area contributed by atoms with Crippen molar-refractivity contribution in [2.24, 2.45) is 5.10 Å². The lowest BCUT2D eigenvalue weighted by molar-refractivity contribution is -0.0209. The van der Waals surface area contributed by atoms with Crippen molar-refractivity contribution in [3.63, 3.8) is 0 Å². The van der Waals surface area contributed by atoms with Gasteiger partial charge in [0.05, 0.1) is 26.0 Å². The van der Waals surface area contributed by atoms with Gasteiger partial charge < -0.3 is 14.2 Å². The standard InChI is InChI=1S/C24H21FN2O3/c1-28-18-12-8-16(9-13-18)24-27-21(19-4-3-5-22(29-2)23(19)30-24)14-20(26-27)15-6-10-17(25)11-7-15/h3-13,21,24H,14H2,1-2H3/t21-,24-/m0/s1. The van der Waals surface area contributed by atoms with E-state index in [4.69, 9.17) is 19.3 Å². The van der Waals surface area contributed by atoms with Gasteiger partial charge in [0, 0.05) is 17.5 Å². The summed E-state index contributed by atoms with van der Waals surface area (Å²) < 4.78 is 30.7. The highest BCUT2D eigenvalue weighted by Gasteiger charge is 2.42. The maximum atomic E-state index is 13.4. The Hall–Kier alpha value is -3.54. The van der Waals surface area contributed by atoms with Crippen molar-refractivity contribution in [3.05, 3.63) is 89.2 Å². The molecule has 5 nitrogen and oxygen atoms in total. The van der Waals surface area contributed by atoms with Gasteiger partial charge in [-0.25, -0.2) is 9.40 Å². The average Bonchev–Trinajstić information content (AvgIpc) is 3.24. The van der Waals surface area contributed by atoms with Crippen LogP contribution in [0.25, 0.3) is 0 Å². The molecule has 2 heterocycles. The topological polar surface area (TPSA) is 43.3 Å². The van der Waals surface area contributed by atoms with E-state index in [0.717, 1.165) is 33.9 Å². The highest BCUT2D eigenvalue weighted by atomic mass is 19.1. The molecule has 2 aliphatic heterocycles. The van der Waals surface area contributed by atoms with Crippen LogP contribution < -0.4 is 14.2 Å². The first-order chi connectivity index (χ1) is 14.7. The van der Waals surface area contributed by atoms with Crippen LogP contribution in [0.1, 0.15) is 35.4 Å². The zero-order valence-corrected chi connectivity index (χ0v) is 16.7. The third kappa shape index (κ3) is 3.05. The van der Waals surface area contributed by atoms with Crippen molar-refractivity contribution in [3.8, 4) is 17.2 Å². The minimum absolute atomic E-state index is 0.00370. The lowest BCUT2D eigenvalue weighted by atomic mass is 9.95. The molecule has 2 aliphatic rings. The number of fused-ring (bicyclic) bond motifs is 3. The fourth-order valence-electron chi connectivity index (χ4n) is 4.05. The molecule has 0 radical (unpaired) electrons. The summed E-state index contributed by atoms with van der Waals surface area (Å²) in [5, 5.41) is 6.88. The summed E-state index contributed by atoms with van der Waals surface area (Å²) >= 11 is 0. The molecular weight excluding hydrogens is 383 g/mol. The third-order valence-corrected chi connectivity index (χ3v) is 5.58. The second-order valence-corrected chi connectivity index (χ2v) is 7.28. The van der Waals surface area contributed by atoms with E-state index in [1.54, 1.807) is 26.4 Å². The van der Waals surface area contributed by atoms with E-state index >= 15 is 0 Å². The van der Waals surface area contributed by atoms with E-state index in [1.165, 1.54) is 12.1 Å². The molecule has 0 N–H and O–H groups in total. The maximum absolute atomic E-state index is 13.4. The Balaban J connectivity index is 1.59. The molecule has 0 aliphatic carbocycles. The van der Waals surface area contributed by atoms with Gasteiger partial charge in [0.25, 0.3) is 0 Å². The highest BCUT2D eigenvalue weighted by Crippen LogP contribution is 2.50. The normalized spacial score (nSPS) is 19.4. The fraction of sp³-hybridized carbons (Fsp3) is 0.208. The van der Waals surface area contributed by atoms with Crippen molar-refractivity contribution < 1.29 is 18.6 Å². The van der Waals surface area contributed by atoms with Gasteiger partial charge in [-0.05, 0) is 48.0 Å². The molecule has 0 saturated carbocycles. The van der Waals surface area contributed by atoms with Gasteiger partial charge in [-0.3, -0.25) is 0 Å². The molecule has 30 heavy (non-hydrogen) atoms. The number of rotatable bonds is 4. The van der Waals surface area contributed by atoms with Crippen LogP contribution in [-0.4, -0.2) is 24.9 Å². The SMILES string of the molecule is COc1ccc([C@@H]2Oc3c(OC)cccc3[C@@H]3CC(c4ccc(F)cc4)=NN32)cc1. The van der Waals surface area contributed by atoms with E-state index in [9.17, 15) is 4.39 Å². The van der Waals surface area contributed by atoms with E-state index in [-0.39, 0.29) is 11.9 Å². The zero-order chi connectivity index (χ0) is 20.7. The maximum Gasteiger partial charge on any atom is 0.214 e. The summed E-state index contributed by atoms with van der Waals surface area (Å²) in [5.74, 6) is 1.95. The lowest BCUT2D eigenvalue weighted by Crippen LogP contribution is -2.33. The Morgan fingerprint density at radius 3 is 2.43 bits per heavy atom. The molecule has 0 amide bonds. The molecule has 5 rings (SSSR count). The van der Waals surface area contributed by atoms with Crippen LogP contribution >= 0.6 is 0 Å². The molecule has 3 aromatic carbocycles. The molecule has 0 bridgehead atoms. The average molecular weight is 404 g/mol. The van der Waals surface area contributed by atoms with Gasteiger partial charge in [-0.15, -0.1) is 0 Å². The van der Waals surface area contributed by atoms with E-state index in [2.05, 4.69) is 0 Å². The number of hydrazone groups is 1. The van der Waals surface area contributed by atoms with E-state index < -0.39 is 6.23 Å². The van der Waals surface area contributed by atoms with Crippen molar-refractivity contribution >= 4 is 5.71 Å². The van der Waals surface area contributed by atoms with Crippen LogP contribution in [0.15, 0.2) is 71.8 Å². The first-order valence-electron chi connectivity index (χ1n) is 9.77. The Morgan fingerprint density at radius 2 is 1.73 bits per heavy atom. The second kappa shape index (κ2) is 7.37. The Kier molecular flexibility index (Phi) is 4.54. The second-order valence-electron chi connectivity index (χ2n) is 7.28. The zero-order valence-electron chi connectivity index (χ0n) is 16.7. The van der Waals surface area contributed by atoms with Gasteiger partial charge in [0.2, 0.25) is 6.23 Å². The van der Waals surface area contributed by atoms with Crippen molar-refractivity contribution in [1.82, 2.24) is 5.01 Å². The number of benzene rings is 3. The lowest BCUT2D eigenvalue weighted by Gasteiger charge is -2.38. The first-order valence-corrected chi connectivity index (χ1v) is 9.77. The van der Waals surface area contributed by atoms with Gasteiger partial charge in [-0.2, -0.15) is 5.10 Å². The Labute approximate surface area is 174 Å². The van der Waals surface area contributed by atoms with Gasteiger partial charge in [-0.1, -0.05) is 24.3 Å². The molecule has 152 valence electrons. The van der Waals surface area contributed by atoms with Gasteiger partial charge in [0.15, 0.2) is 11.5 Å². The van der Waals surface area contributed by atoms with E-state index in [0.29, 0.717) is 12.2 Å². The van der Waals surface area contributed by atoms with Crippen LogP contribution in [0.3, 0.4) is 0 Å². The molecule has 0 spiro atoms. The summed E-state index contributed by atoms with van der Waals surface area (Å²) in [5.41, 5.74) is 3.79. The highest BCUT2D eigenvalue weighted by molar-refractivity contribution is 6.02. The van der Waals surface area contributed by atoms with Crippen molar-refractivity contribution in [1.29, 1.82) is 0 Å². The predicted octanol–water partition coefficient (Wildman–Crippen LogP) is 5.09. The molecule has 0 unspecified atom stereocenters. The minimum atomic E-state index is -0.414. The van der Waals surface area contributed by atoms with Crippen LogP contribution in [0.5, 0.6) is 17.2 Å². The van der Waals surface area contributed by atoms with Crippen LogP contribution in [0, 0.1) is 5.82 Å². The molecular formula is C24H21FN2O3. The smallest absolute Gasteiger partial charge is 0.214 e. The number of halogens is 1. The number of hydrogen-bond donors (Lipinski definition) is 0. The van der Waals surface area contributed by atoms with Crippen molar-refractivity contribution in [2.75, 3.05) is 14.2 Å². The van der Waals surface area contributed by atoms with Crippen LogP contribution in [-0.2, 0) is 0 Å². The van der Waals surface area contributed by atoms with Gasteiger partial charge >= 0.3 is 0 Å². The molecule has 0 saturated heterocycles. The first kappa shape index (κ1) is 18.5. The number of nitrogens with zero attached hydrogens (tertiary/aromatic N) is 2. The molecule has 2 atom stereocenters. The van der Waals surface area contributed by atoms with Crippen LogP contribution in [0.2, 0.25) is 0 Å².